The number of aromatic nitrogens is 4. The van der Waals surface area contributed by atoms with E-state index in [2.05, 4.69) is 15.0 Å². The zero-order chi connectivity index (χ0) is 15.0. The summed E-state index contributed by atoms with van der Waals surface area (Å²) < 4.78 is 7.65. The fourth-order valence-electron chi connectivity index (χ4n) is 2.63. The van der Waals surface area contributed by atoms with Gasteiger partial charge in [0.2, 0.25) is 5.28 Å². The molecule has 8 heteroatoms. The van der Waals surface area contributed by atoms with Gasteiger partial charge in [-0.2, -0.15) is 9.97 Å². The van der Waals surface area contributed by atoms with Gasteiger partial charge in [0.05, 0.1) is 0 Å². The van der Waals surface area contributed by atoms with Gasteiger partial charge < -0.3 is 14.7 Å². The number of hydrogen-bond acceptors (Lipinski definition) is 6. The number of imidazole rings is 1. The number of halogens is 1. The van der Waals surface area contributed by atoms with Crippen LogP contribution in [0.2, 0.25) is 5.28 Å². The molecule has 0 radical (unpaired) electrons. The van der Waals surface area contributed by atoms with Gasteiger partial charge in [-0.05, 0) is 30.9 Å². The maximum absolute atomic E-state index is 9.62. The van der Waals surface area contributed by atoms with Crippen molar-refractivity contribution in [1.82, 2.24) is 19.5 Å². The SMILES string of the molecule is CN(C)c1nc(Cl)nc2c1nc(CO)n2C1CCCCO1. The van der Waals surface area contributed by atoms with E-state index < -0.39 is 0 Å². The Bertz CT molecular complexity index is 652. The van der Waals surface area contributed by atoms with Crippen molar-refractivity contribution in [2.75, 3.05) is 25.6 Å². The lowest BCUT2D eigenvalue weighted by Crippen LogP contribution is -2.20. The number of aliphatic hydroxyl groups excluding tert-OH is 1. The smallest absolute Gasteiger partial charge is 0.226 e. The molecule has 0 saturated carbocycles. The predicted molar refractivity (Wildman–Crippen MR) is 79.4 cm³/mol. The van der Waals surface area contributed by atoms with Crippen LogP contribution >= 0.6 is 11.6 Å². The molecule has 0 aliphatic carbocycles. The molecule has 114 valence electrons. The van der Waals surface area contributed by atoms with Gasteiger partial charge in [-0.25, -0.2) is 4.98 Å². The van der Waals surface area contributed by atoms with Crippen LogP contribution in [0.4, 0.5) is 5.82 Å². The predicted octanol–water partition coefficient (Wildman–Crippen LogP) is 1.74. The van der Waals surface area contributed by atoms with E-state index in [9.17, 15) is 5.11 Å². The van der Waals surface area contributed by atoms with E-state index >= 15 is 0 Å². The standard InChI is InChI=1S/C13H18ClN5O2/c1-18(2)11-10-12(17-13(14)16-11)19(8(7-20)15-10)9-5-3-4-6-21-9/h9,20H,3-7H2,1-2H3. The Morgan fingerprint density at radius 2 is 2.14 bits per heavy atom. The van der Waals surface area contributed by atoms with Gasteiger partial charge in [-0.3, -0.25) is 4.57 Å². The molecule has 2 aromatic rings. The Morgan fingerprint density at radius 1 is 1.33 bits per heavy atom. The summed E-state index contributed by atoms with van der Waals surface area (Å²) in [5.74, 6) is 1.16. The van der Waals surface area contributed by atoms with E-state index in [0.29, 0.717) is 29.4 Å². The van der Waals surface area contributed by atoms with E-state index in [4.69, 9.17) is 16.3 Å². The highest BCUT2D eigenvalue weighted by atomic mass is 35.5. The van der Waals surface area contributed by atoms with Gasteiger partial charge in [0, 0.05) is 20.7 Å². The lowest BCUT2D eigenvalue weighted by Gasteiger charge is -2.25. The summed E-state index contributed by atoms with van der Waals surface area (Å²) in [6, 6.07) is 0. The monoisotopic (exact) mass is 311 g/mol. The van der Waals surface area contributed by atoms with Crippen LogP contribution in [0.5, 0.6) is 0 Å². The number of nitrogens with zero attached hydrogens (tertiary/aromatic N) is 5. The fraction of sp³-hybridized carbons (Fsp3) is 0.615. The lowest BCUT2D eigenvalue weighted by atomic mass is 10.2. The Labute approximate surface area is 127 Å². The average Bonchev–Trinajstić information content (AvgIpc) is 2.85. The third-order valence-corrected chi connectivity index (χ3v) is 3.74. The van der Waals surface area contributed by atoms with Crippen molar-refractivity contribution in [3.8, 4) is 0 Å². The van der Waals surface area contributed by atoms with Crippen molar-refractivity contribution in [3.63, 3.8) is 0 Å². The quantitative estimate of drug-likeness (QED) is 0.870. The van der Waals surface area contributed by atoms with Gasteiger partial charge in [0.1, 0.15) is 18.7 Å². The fourth-order valence-corrected chi connectivity index (χ4v) is 2.79. The molecule has 1 saturated heterocycles. The van der Waals surface area contributed by atoms with Crippen molar-refractivity contribution in [2.45, 2.75) is 32.1 Å². The van der Waals surface area contributed by atoms with Crippen LogP contribution in [0, 0.1) is 0 Å². The van der Waals surface area contributed by atoms with E-state index in [1.807, 2.05) is 23.6 Å². The van der Waals surface area contributed by atoms with Crippen LogP contribution in [-0.2, 0) is 11.3 Å². The first-order valence-electron chi connectivity index (χ1n) is 6.96. The molecule has 1 atom stereocenters. The maximum atomic E-state index is 9.62. The van der Waals surface area contributed by atoms with Gasteiger partial charge in [-0.15, -0.1) is 0 Å². The van der Waals surface area contributed by atoms with Crippen LogP contribution in [-0.4, -0.2) is 45.3 Å². The highest BCUT2D eigenvalue weighted by Crippen LogP contribution is 2.31. The summed E-state index contributed by atoms with van der Waals surface area (Å²) in [7, 11) is 3.74. The minimum Gasteiger partial charge on any atom is -0.388 e. The van der Waals surface area contributed by atoms with Crippen molar-refractivity contribution in [1.29, 1.82) is 0 Å². The molecule has 1 aliphatic rings. The first-order chi connectivity index (χ1) is 10.1. The molecule has 21 heavy (non-hydrogen) atoms. The minimum atomic E-state index is -0.180. The Kier molecular flexibility index (Phi) is 3.97. The molecule has 0 amide bonds. The zero-order valence-electron chi connectivity index (χ0n) is 12.1. The second-order valence-corrected chi connectivity index (χ2v) is 5.60. The number of hydrogen-bond donors (Lipinski definition) is 1. The molecule has 0 spiro atoms. The Morgan fingerprint density at radius 3 is 2.76 bits per heavy atom. The molecule has 0 aromatic carbocycles. The average molecular weight is 312 g/mol. The summed E-state index contributed by atoms with van der Waals surface area (Å²) in [6.45, 7) is 0.523. The molecule has 1 N–H and O–H groups in total. The van der Waals surface area contributed by atoms with Crippen molar-refractivity contribution in [2.24, 2.45) is 0 Å². The normalized spacial score (nSPS) is 19.1. The van der Waals surface area contributed by atoms with Gasteiger partial charge >= 0.3 is 0 Å². The first kappa shape index (κ1) is 14.5. The molecule has 3 rings (SSSR count). The molecule has 1 aliphatic heterocycles. The third kappa shape index (κ3) is 2.56. The highest BCUT2D eigenvalue weighted by Gasteiger charge is 2.25. The molecule has 3 heterocycles. The number of fused-ring (bicyclic) bond motifs is 1. The Hall–Kier alpha value is -1.44. The van der Waals surface area contributed by atoms with Crippen LogP contribution in [0.15, 0.2) is 0 Å². The van der Waals surface area contributed by atoms with Crippen LogP contribution in [0.3, 0.4) is 0 Å². The molecule has 7 nitrogen and oxygen atoms in total. The number of anilines is 1. The maximum Gasteiger partial charge on any atom is 0.226 e. The lowest BCUT2D eigenvalue weighted by molar-refractivity contribution is -0.0329. The van der Waals surface area contributed by atoms with E-state index in [1.165, 1.54) is 0 Å². The summed E-state index contributed by atoms with van der Waals surface area (Å²) in [6.07, 6.45) is 2.84. The second-order valence-electron chi connectivity index (χ2n) is 5.26. The van der Waals surface area contributed by atoms with Gasteiger partial charge in [0.25, 0.3) is 0 Å². The second kappa shape index (κ2) is 5.75. The topological polar surface area (TPSA) is 76.3 Å². The van der Waals surface area contributed by atoms with Gasteiger partial charge in [0.15, 0.2) is 17.0 Å². The highest BCUT2D eigenvalue weighted by molar-refractivity contribution is 6.28. The molecule has 1 fully saturated rings. The van der Waals surface area contributed by atoms with Crippen LogP contribution in [0.25, 0.3) is 11.2 Å². The van der Waals surface area contributed by atoms with Crippen LogP contribution in [0.1, 0.15) is 31.3 Å². The molecule has 0 bridgehead atoms. The molecular formula is C13H18ClN5O2. The largest absolute Gasteiger partial charge is 0.388 e. The third-order valence-electron chi connectivity index (χ3n) is 3.58. The number of aliphatic hydroxyl groups is 1. The molecule has 2 aromatic heterocycles. The molecule has 1 unspecified atom stereocenters. The van der Waals surface area contributed by atoms with Crippen LogP contribution < -0.4 is 4.90 Å². The van der Waals surface area contributed by atoms with Crippen molar-refractivity contribution in [3.05, 3.63) is 11.1 Å². The number of rotatable bonds is 3. The minimum absolute atomic E-state index is 0.160. The Balaban J connectivity index is 2.21. The van der Waals surface area contributed by atoms with Crippen molar-refractivity contribution < 1.29 is 9.84 Å². The summed E-state index contributed by atoms with van der Waals surface area (Å²) >= 11 is 6.04. The van der Waals surface area contributed by atoms with E-state index in [1.54, 1.807) is 0 Å². The summed E-state index contributed by atoms with van der Waals surface area (Å²) in [5, 5.41) is 9.78. The first-order valence-corrected chi connectivity index (χ1v) is 7.33. The summed E-state index contributed by atoms with van der Waals surface area (Å²) in [5.41, 5.74) is 1.23. The summed E-state index contributed by atoms with van der Waals surface area (Å²) in [4.78, 5) is 14.8. The molecular weight excluding hydrogens is 294 g/mol. The zero-order valence-corrected chi connectivity index (χ0v) is 12.8. The van der Waals surface area contributed by atoms with Gasteiger partial charge in [-0.1, -0.05) is 0 Å². The number of ether oxygens (including phenoxy) is 1. The van der Waals surface area contributed by atoms with Crippen molar-refractivity contribution >= 4 is 28.6 Å². The van der Waals surface area contributed by atoms with E-state index in [0.717, 1.165) is 19.3 Å². The van der Waals surface area contributed by atoms with E-state index in [-0.39, 0.29) is 18.1 Å².